The fourth-order valence-electron chi connectivity index (χ4n) is 2.20. The number of hydrogen-bond donors (Lipinski definition) is 0. The lowest BCUT2D eigenvalue weighted by Crippen LogP contribution is -1.93. The van der Waals surface area contributed by atoms with Crippen molar-refractivity contribution in [2.45, 2.75) is 6.42 Å². The Bertz CT molecular complexity index is 779. The van der Waals surface area contributed by atoms with Gasteiger partial charge in [0, 0.05) is 6.42 Å². The van der Waals surface area contributed by atoms with Gasteiger partial charge in [-0.05, 0) is 52.2 Å². The molecule has 0 bridgehead atoms. The second-order valence-electron chi connectivity index (χ2n) is 4.79. The average molecular weight is 297 g/mol. The van der Waals surface area contributed by atoms with E-state index < -0.39 is 0 Å². The van der Waals surface area contributed by atoms with E-state index in [9.17, 15) is 4.79 Å². The van der Waals surface area contributed by atoms with Crippen LogP contribution in [0.15, 0.2) is 66.7 Å². The molecule has 0 unspecified atom stereocenters. The number of fused-ring (bicyclic) bond motifs is 1. The predicted molar refractivity (Wildman–Crippen MR) is 85.0 cm³/mol. The minimum absolute atomic E-state index is 0.234. The van der Waals surface area contributed by atoms with Crippen molar-refractivity contribution in [3.05, 3.63) is 72.3 Å². The quantitative estimate of drug-likeness (QED) is 0.637. The Balaban J connectivity index is 1.79. The molecule has 0 fully saturated rings. The molecule has 21 heavy (non-hydrogen) atoms. The first-order valence-corrected chi connectivity index (χ1v) is 7.02. The van der Waals surface area contributed by atoms with Crippen molar-refractivity contribution in [1.29, 1.82) is 0 Å². The topological polar surface area (TPSA) is 26.3 Å². The van der Waals surface area contributed by atoms with E-state index >= 15 is 0 Å². The van der Waals surface area contributed by atoms with E-state index in [0.717, 1.165) is 22.4 Å². The summed E-state index contributed by atoms with van der Waals surface area (Å²) in [7, 11) is 0. The van der Waals surface area contributed by atoms with Crippen LogP contribution in [0.4, 0.5) is 0 Å². The van der Waals surface area contributed by atoms with Crippen LogP contribution in [0, 0.1) is 0 Å². The molecule has 104 valence electrons. The zero-order valence-electron chi connectivity index (χ0n) is 11.3. The number of rotatable bonds is 4. The van der Waals surface area contributed by atoms with Gasteiger partial charge in [0.25, 0.3) is 0 Å². The van der Waals surface area contributed by atoms with Gasteiger partial charge >= 0.3 is 0 Å². The molecule has 3 aromatic carbocycles. The molecule has 0 atom stereocenters. The minimum Gasteiger partial charge on any atom is -0.457 e. The molecule has 2 nitrogen and oxygen atoms in total. The highest BCUT2D eigenvalue weighted by atomic mass is 35.5. The van der Waals surface area contributed by atoms with Crippen molar-refractivity contribution >= 4 is 27.6 Å². The minimum atomic E-state index is -0.363. The van der Waals surface area contributed by atoms with Crippen molar-refractivity contribution in [2.24, 2.45) is 0 Å². The number of benzene rings is 3. The number of ether oxygens (including phenoxy) is 1. The van der Waals surface area contributed by atoms with Crippen LogP contribution in [-0.2, 0) is 11.2 Å². The average Bonchev–Trinajstić information content (AvgIpc) is 2.49. The molecule has 0 aliphatic carbocycles. The lowest BCUT2D eigenvalue weighted by Gasteiger charge is -2.07. The van der Waals surface area contributed by atoms with Crippen LogP contribution >= 0.6 is 11.6 Å². The maximum atomic E-state index is 10.8. The second-order valence-corrected chi connectivity index (χ2v) is 5.21. The standard InChI is InChI=1S/C18H13ClO2/c19-18(20)11-13-5-8-16(9-6-13)21-17-10-7-14-3-1-2-4-15(14)12-17/h1-10,12H,11H2. The monoisotopic (exact) mass is 296 g/mol. The largest absolute Gasteiger partial charge is 0.457 e. The smallest absolute Gasteiger partial charge is 0.226 e. The Hall–Kier alpha value is -2.32. The van der Waals surface area contributed by atoms with Crippen LogP contribution in [0.3, 0.4) is 0 Å². The first kappa shape index (κ1) is 13.7. The van der Waals surface area contributed by atoms with Gasteiger partial charge in [0.05, 0.1) is 0 Å². The van der Waals surface area contributed by atoms with Gasteiger partial charge in [-0.2, -0.15) is 0 Å². The third-order valence-electron chi connectivity index (χ3n) is 3.22. The highest BCUT2D eigenvalue weighted by Crippen LogP contribution is 2.25. The lowest BCUT2D eigenvalue weighted by atomic mass is 10.1. The SMILES string of the molecule is O=C(Cl)Cc1ccc(Oc2ccc3ccccc3c2)cc1. The van der Waals surface area contributed by atoms with Gasteiger partial charge in [-0.3, -0.25) is 4.79 Å². The van der Waals surface area contributed by atoms with E-state index in [4.69, 9.17) is 16.3 Å². The van der Waals surface area contributed by atoms with Crippen molar-refractivity contribution in [3.8, 4) is 11.5 Å². The number of carbonyl (C=O) groups is 1. The second kappa shape index (κ2) is 5.98. The molecule has 0 saturated heterocycles. The van der Waals surface area contributed by atoms with Crippen molar-refractivity contribution in [1.82, 2.24) is 0 Å². The molecule has 0 spiro atoms. The maximum Gasteiger partial charge on any atom is 0.226 e. The highest BCUT2D eigenvalue weighted by molar-refractivity contribution is 6.63. The zero-order chi connectivity index (χ0) is 14.7. The maximum absolute atomic E-state index is 10.8. The summed E-state index contributed by atoms with van der Waals surface area (Å²) >= 11 is 5.37. The highest BCUT2D eigenvalue weighted by Gasteiger charge is 2.02. The van der Waals surface area contributed by atoms with E-state index in [1.54, 1.807) is 0 Å². The van der Waals surface area contributed by atoms with E-state index in [1.165, 1.54) is 5.39 Å². The molecular formula is C18H13ClO2. The van der Waals surface area contributed by atoms with Crippen LogP contribution in [0.1, 0.15) is 5.56 Å². The summed E-state index contributed by atoms with van der Waals surface area (Å²) < 4.78 is 5.83. The van der Waals surface area contributed by atoms with Gasteiger partial charge in [-0.25, -0.2) is 0 Å². The summed E-state index contributed by atoms with van der Waals surface area (Å²) in [5, 5.41) is 1.96. The lowest BCUT2D eigenvalue weighted by molar-refractivity contribution is -0.111. The molecule has 3 heteroatoms. The first-order chi connectivity index (χ1) is 10.2. The van der Waals surface area contributed by atoms with E-state index in [0.29, 0.717) is 0 Å². The van der Waals surface area contributed by atoms with Crippen molar-refractivity contribution < 1.29 is 9.53 Å². The summed E-state index contributed by atoms with van der Waals surface area (Å²) in [5.74, 6) is 1.52. The van der Waals surface area contributed by atoms with Crippen LogP contribution < -0.4 is 4.74 Å². The molecule has 0 N–H and O–H groups in total. The molecule has 3 aromatic rings. The Labute approximate surface area is 127 Å². The molecule has 0 heterocycles. The van der Waals surface area contributed by atoms with Gasteiger partial charge in [-0.1, -0.05) is 42.5 Å². The summed E-state index contributed by atoms with van der Waals surface area (Å²) in [5.41, 5.74) is 0.876. The summed E-state index contributed by atoms with van der Waals surface area (Å²) in [6.45, 7) is 0. The van der Waals surface area contributed by atoms with E-state index in [1.807, 2.05) is 54.6 Å². The normalized spacial score (nSPS) is 10.5. The van der Waals surface area contributed by atoms with Crippen molar-refractivity contribution in [3.63, 3.8) is 0 Å². The third-order valence-corrected chi connectivity index (χ3v) is 3.36. The Kier molecular flexibility index (Phi) is 3.89. The molecule has 0 aliphatic rings. The van der Waals surface area contributed by atoms with Gasteiger partial charge in [0.1, 0.15) is 11.5 Å². The summed E-state index contributed by atoms with van der Waals surface area (Å²) in [4.78, 5) is 10.8. The fourth-order valence-corrected chi connectivity index (χ4v) is 2.36. The Morgan fingerprint density at radius 2 is 1.52 bits per heavy atom. The number of halogens is 1. The van der Waals surface area contributed by atoms with Crippen molar-refractivity contribution in [2.75, 3.05) is 0 Å². The van der Waals surface area contributed by atoms with Crippen LogP contribution in [0.5, 0.6) is 11.5 Å². The van der Waals surface area contributed by atoms with Crippen LogP contribution in [0.25, 0.3) is 10.8 Å². The molecule has 0 saturated carbocycles. The van der Waals surface area contributed by atoms with Crippen LogP contribution in [-0.4, -0.2) is 5.24 Å². The van der Waals surface area contributed by atoms with E-state index in [-0.39, 0.29) is 11.7 Å². The van der Waals surface area contributed by atoms with E-state index in [2.05, 4.69) is 12.1 Å². The summed E-state index contributed by atoms with van der Waals surface area (Å²) in [6, 6.07) is 21.5. The van der Waals surface area contributed by atoms with Crippen LogP contribution in [0.2, 0.25) is 0 Å². The number of hydrogen-bond acceptors (Lipinski definition) is 2. The number of carbonyl (C=O) groups excluding carboxylic acids is 1. The van der Waals surface area contributed by atoms with Gasteiger partial charge in [0.15, 0.2) is 0 Å². The zero-order valence-corrected chi connectivity index (χ0v) is 12.0. The first-order valence-electron chi connectivity index (χ1n) is 6.65. The van der Waals surface area contributed by atoms with Gasteiger partial charge < -0.3 is 4.74 Å². The molecule has 3 rings (SSSR count). The molecule has 0 aromatic heterocycles. The molecular weight excluding hydrogens is 284 g/mol. The summed E-state index contributed by atoms with van der Waals surface area (Å²) in [6.07, 6.45) is 0.234. The molecule has 0 amide bonds. The molecule has 0 aliphatic heterocycles. The molecule has 0 radical (unpaired) electrons. The Morgan fingerprint density at radius 1 is 0.857 bits per heavy atom. The van der Waals surface area contributed by atoms with Gasteiger partial charge in [0.2, 0.25) is 5.24 Å². The Morgan fingerprint density at radius 3 is 2.24 bits per heavy atom. The fraction of sp³-hybridized carbons (Fsp3) is 0.0556. The third kappa shape index (κ3) is 3.41. The van der Waals surface area contributed by atoms with Gasteiger partial charge in [-0.15, -0.1) is 0 Å². The predicted octanol–water partition coefficient (Wildman–Crippen LogP) is 4.94.